The number of anilines is 1. The minimum absolute atomic E-state index is 0.539. The summed E-state index contributed by atoms with van der Waals surface area (Å²) in [4.78, 5) is 2.33. The molecule has 3 rings (SSSR count). The highest BCUT2D eigenvalue weighted by Crippen LogP contribution is 2.28. The van der Waals surface area contributed by atoms with Crippen LogP contribution in [0.1, 0.15) is 32.1 Å². The van der Waals surface area contributed by atoms with Crippen LogP contribution in [0.4, 0.5) is 5.82 Å². The molecule has 7 nitrogen and oxygen atoms in total. The molecule has 0 aliphatic heterocycles. The second-order valence-corrected chi connectivity index (χ2v) is 6.06. The first-order valence-corrected chi connectivity index (χ1v) is 7.70. The highest BCUT2D eigenvalue weighted by molar-refractivity contribution is 5.42. The normalized spacial score (nSPS) is 18.2. The zero-order chi connectivity index (χ0) is 14.7. The van der Waals surface area contributed by atoms with Crippen molar-refractivity contribution < 1.29 is 0 Å². The summed E-state index contributed by atoms with van der Waals surface area (Å²) in [6.45, 7) is 0.901. The van der Waals surface area contributed by atoms with Gasteiger partial charge in [0.15, 0.2) is 5.65 Å². The first-order chi connectivity index (χ1) is 10.2. The number of nitrogens with one attached hydrogen (secondary N) is 1. The first-order valence-electron chi connectivity index (χ1n) is 7.70. The summed E-state index contributed by atoms with van der Waals surface area (Å²) in [6.07, 6.45) is 6.79. The topological polar surface area (TPSA) is 71.2 Å². The van der Waals surface area contributed by atoms with Crippen LogP contribution in [0.2, 0.25) is 0 Å². The van der Waals surface area contributed by atoms with Gasteiger partial charge in [-0.1, -0.05) is 19.3 Å². The summed E-state index contributed by atoms with van der Waals surface area (Å²) in [6, 6.07) is 4.34. The van der Waals surface area contributed by atoms with E-state index in [1.54, 1.807) is 0 Å². The van der Waals surface area contributed by atoms with Crippen molar-refractivity contribution in [2.24, 2.45) is 5.92 Å². The Morgan fingerprint density at radius 3 is 2.86 bits per heavy atom. The summed E-state index contributed by atoms with van der Waals surface area (Å²) in [5.74, 6) is 1.59. The molecule has 0 unspecified atom stereocenters. The van der Waals surface area contributed by atoms with Crippen LogP contribution in [-0.4, -0.2) is 56.8 Å². The lowest BCUT2D eigenvalue weighted by molar-refractivity contribution is 0.179. The van der Waals surface area contributed by atoms with Gasteiger partial charge in [0.2, 0.25) is 0 Å². The van der Waals surface area contributed by atoms with E-state index in [4.69, 9.17) is 0 Å². The average Bonchev–Trinajstić information content (AvgIpc) is 2.96. The van der Waals surface area contributed by atoms with Crippen LogP contribution in [0.3, 0.4) is 0 Å². The number of likely N-dealkylation sites (N-methyl/N-ethyl adjacent to an activating group) is 1. The Morgan fingerprint density at radius 2 is 2.10 bits per heavy atom. The van der Waals surface area contributed by atoms with Gasteiger partial charge in [0, 0.05) is 12.6 Å². The molecule has 0 saturated heterocycles. The monoisotopic (exact) mass is 289 g/mol. The van der Waals surface area contributed by atoms with Crippen LogP contribution >= 0.6 is 0 Å². The first kappa shape index (κ1) is 14.2. The molecule has 2 heterocycles. The maximum absolute atomic E-state index is 4.36. The van der Waals surface area contributed by atoms with E-state index < -0.39 is 0 Å². The van der Waals surface area contributed by atoms with Crippen LogP contribution in [0.15, 0.2) is 12.1 Å². The number of aromatic nitrogens is 5. The van der Waals surface area contributed by atoms with E-state index in [1.807, 2.05) is 12.1 Å². The van der Waals surface area contributed by atoms with Crippen molar-refractivity contribution in [3.8, 4) is 0 Å². The van der Waals surface area contributed by atoms with E-state index in [9.17, 15) is 0 Å². The van der Waals surface area contributed by atoms with Crippen molar-refractivity contribution in [1.82, 2.24) is 30.2 Å². The number of nitrogens with zero attached hydrogens (tertiary/aromatic N) is 6. The van der Waals surface area contributed by atoms with E-state index in [-0.39, 0.29) is 0 Å². The Bertz CT molecular complexity index is 573. The predicted molar refractivity (Wildman–Crippen MR) is 81.1 cm³/mol. The van der Waals surface area contributed by atoms with E-state index in [0.29, 0.717) is 11.7 Å². The van der Waals surface area contributed by atoms with E-state index in [2.05, 4.69) is 44.9 Å². The Balaban J connectivity index is 1.65. The second-order valence-electron chi connectivity index (χ2n) is 6.06. The van der Waals surface area contributed by atoms with Gasteiger partial charge in [0.25, 0.3) is 0 Å². The fourth-order valence-electron chi connectivity index (χ4n) is 3.24. The molecule has 0 spiro atoms. The van der Waals surface area contributed by atoms with Crippen LogP contribution in [0.5, 0.6) is 0 Å². The third-order valence-corrected chi connectivity index (χ3v) is 4.42. The van der Waals surface area contributed by atoms with Gasteiger partial charge < -0.3 is 10.2 Å². The lowest BCUT2D eigenvalue weighted by atomic mass is 9.83. The Hall–Kier alpha value is -1.76. The highest BCUT2D eigenvalue weighted by atomic mass is 15.6. The molecule has 1 aliphatic rings. The Kier molecular flexibility index (Phi) is 4.28. The molecule has 114 valence electrons. The zero-order valence-corrected chi connectivity index (χ0v) is 12.7. The minimum atomic E-state index is 0.539. The van der Waals surface area contributed by atoms with Gasteiger partial charge in [-0.2, -0.15) is 0 Å². The minimum Gasteiger partial charge on any atom is -0.367 e. The van der Waals surface area contributed by atoms with Crippen LogP contribution < -0.4 is 5.32 Å². The van der Waals surface area contributed by atoms with Gasteiger partial charge in [-0.15, -0.1) is 14.8 Å². The third kappa shape index (κ3) is 3.29. The highest BCUT2D eigenvalue weighted by Gasteiger charge is 2.25. The Morgan fingerprint density at radius 1 is 1.29 bits per heavy atom. The quantitative estimate of drug-likeness (QED) is 0.898. The maximum atomic E-state index is 4.36. The molecule has 21 heavy (non-hydrogen) atoms. The smallest absolute Gasteiger partial charge is 0.200 e. The van der Waals surface area contributed by atoms with Crippen molar-refractivity contribution in [3.63, 3.8) is 0 Å². The van der Waals surface area contributed by atoms with Crippen LogP contribution in [0.25, 0.3) is 5.65 Å². The molecule has 1 fully saturated rings. The summed E-state index contributed by atoms with van der Waals surface area (Å²) in [5, 5.41) is 19.1. The molecule has 1 atom stereocenters. The molecule has 0 amide bonds. The second kappa shape index (κ2) is 6.34. The van der Waals surface area contributed by atoms with Gasteiger partial charge in [0.05, 0.1) is 0 Å². The lowest BCUT2D eigenvalue weighted by Crippen LogP contribution is -2.41. The molecule has 2 aromatic heterocycles. The standard InChI is InChI=1S/C14H23N7/c1-20(2)12(11-6-4-3-5-7-11)10-15-13-8-9-14-16-18-19-21(14)17-13/h8-9,11-12H,3-7,10H2,1-2H3,(H,15,17)/t12-/m1/s1. The molecule has 0 radical (unpaired) electrons. The van der Waals surface area contributed by atoms with Crippen LogP contribution in [-0.2, 0) is 0 Å². The molecule has 2 aromatic rings. The molecule has 1 N–H and O–H groups in total. The largest absolute Gasteiger partial charge is 0.367 e. The molecule has 0 aromatic carbocycles. The fourth-order valence-corrected chi connectivity index (χ4v) is 3.24. The number of fused-ring (bicyclic) bond motifs is 1. The van der Waals surface area contributed by atoms with Crippen molar-refractivity contribution in [1.29, 1.82) is 0 Å². The maximum Gasteiger partial charge on any atom is 0.200 e. The van der Waals surface area contributed by atoms with E-state index >= 15 is 0 Å². The van der Waals surface area contributed by atoms with Crippen molar-refractivity contribution in [3.05, 3.63) is 12.1 Å². The molecule has 0 bridgehead atoms. The van der Waals surface area contributed by atoms with Crippen LogP contribution in [0, 0.1) is 5.92 Å². The summed E-state index contributed by atoms with van der Waals surface area (Å²) >= 11 is 0. The molecule has 1 saturated carbocycles. The number of hydrogen-bond acceptors (Lipinski definition) is 6. The number of rotatable bonds is 5. The summed E-state index contributed by atoms with van der Waals surface area (Å²) in [5.41, 5.74) is 0.664. The average molecular weight is 289 g/mol. The van der Waals surface area contributed by atoms with Crippen molar-refractivity contribution in [2.75, 3.05) is 26.0 Å². The summed E-state index contributed by atoms with van der Waals surface area (Å²) < 4.78 is 1.45. The molecule has 1 aliphatic carbocycles. The van der Waals surface area contributed by atoms with Gasteiger partial charge in [-0.05, 0) is 55.4 Å². The van der Waals surface area contributed by atoms with Gasteiger partial charge in [-0.25, -0.2) is 0 Å². The molecule has 7 heteroatoms. The third-order valence-electron chi connectivity index (χ3n) is 4.42. The number of hydrogen-bond donors (Lipinski definition) is 1. The number of tetrazole rings is 1. The SMILES string of the molecule is CN(C)[C@H](CNc1ccc2nnnn2n1)C1CCCCC1. The molecular weight excluding hydrogens is 266 g/mol. The zero-order valence-electron chi connectivity index (χ0n) is 12.7. The summed E-state index contributed by atoms with van der Waals surface area (Å²) in [7, 11) is 4.33. The van der Waals surface area contributed by atoms with E-state index in [0.717, 1.165) is 18.3 Å². The lowest BCUT2D eigenvalue weighted by Gasteiger charge is -2.35. The van der Waals surface area contributed by atoms with Gasteiger partial charge in [-0.3, -0.25) is 0 Å². The van der Waals surface area contributed by atoms with Crippen molar-refractivity contribution in [2.45, 2.75) is 38.1 Å². The van der Waals surface area contributed by atoms with E-state index in [1.165, 1.54) is 36.7 Å². The Labute approximate surface area is 124 Å². The van der Waals surface area contributed by atoms with Gasteiger partial charge >= 0.3 is 0 Å². The predicted octanol–water partition coefficient (Wildman–Crippen LogP) is 1.44. The van der Waals surface area contributed by atoms with Crippen molar-refractivity contribution >= 4 is 11.5 Å². The fraction of sp³-hybridized carbons (Fsp3) is 0.714. The van der Waals surface area contributed by atoms with Gasteiger partial charge in [0.1, 0.15) is 5.82 Å². The molecular formula is C14H23N7.